The van der Waals surface area contributed by atoms with Crippen LogP contribution in [-0.4, -0.2) is 58.2 Å². The molecule has 1 unspecified atom stereocenters. The standard InChI is InChI=1S/C29H37Cl2N5O2/c1-17(22-9-8-20(30)11-24(22)31)32-26-23-6-3-7-25(23)33-28(34-26)36-15-19(16-36)18-5-4-10-35(14-18)21-12-29(2,13-21)27(37)38/h8-9,11,17-19,21H,3-7,10,12-16H2,1-2H3,(H,37,38)(H,32,33,34)/t17?,18-,21?,29?/m0/s1. The SMILES string of the molecule is CC(Nc1nc(N2CC([C@H]3CCCN(C4CC(C)(C(=O)O)C4)C3)C2)nc2c1CCC2)c1ccc(Cl)cc1Cl. The van der Waals surface area contributed by atoms with Crippen LogP contribution in [0, 0.1) is 17.3 Å². The average Bonchev–Trinajstić information content (AvgIpc) is 3.30. The molecule has 1 saturated carbocycles. The van der Waals surface area contributed by atoms with Crippen LogP contribution in [-0.2, 0) is 17.6 Å². The van der Waals surface area contributed by atoms with Crippen molar-refractivity contribution in [3.8, 4) is 0 Å². The van der Waals surface area contributed by atoms with Crippen LogP contribution >= 0.6 is 23.2 Å². The van der Waals surface area contributed by atoms with Crippen LogP contribution in [0.25, 0.3) is 0 Å². The van der Waals surface area contributed by atoms with Gasteiger partial charge in [0, 0.05) is 41.3 Å². The number of aliphatic carboxylic acids is 1. The zero-order valence-electron chi connectivity index (χ0n) is 22.2. The van der Waals surface area contributed by atoms with Gasteiger partial charge in [0.15, 0.2) is 0 Å². The molecule has 38 heavy (non-hydrogen) atoms. The van der Waals surface area contributed by atoms with Gasteiger partial charge in [-0.1, -0.05) is 29.3 Å². The van der Waals surface area contributed by atoms with E-state index in [4.69, 9.17) is 33.2 Å². The van der Waals surface area contributed by atoms with Crippen molar-refractivity contribution in [3.63, 3.8) is 0 Å². The van der Waals surface area contributed by atoms with Gasteiger partial charge in [0.05, 0.1) is 17.2 Å². The molecule has 9 heteroatoms. The number of carboxylic acids is 1. The Balaban J connectivity index is 1.10. The number of nitrogens with zero attached hydrogens (tertiary/aromatic N) is 4. The second kappa shape index (κ2) is 10.1. The summed E-state index contributed by atoms with van der Waals surface area (Å²) in [7, 11) is 0. The van der Waals surface area contributed by atoms with Crippen molar-refractivity contribution >= 4 is 40.9 Å². The van der Waals surface area contributed by atoms with Gasteiger partial charge in [0.1, 0.15) is 5.82 Å². The van der Waals surface area contributed by atoms with Crippen LogP contribution in [0.1, 0.15) is 68.8 Å². The number of hydrogen-bond donors (Lipinski definition) is 2. The third kappa shape index (κ3) is 4.86. The summed E-state index contributed by atoms with van der Waals surface area (Å²) in [6, 6.07) is 6.07. The fraction of sp³-hybridized carbons (Fsp3) is 0.621. The van der Waals surface area contributed by atoms with Gasteiger partial charge in [-0.05, 0) is 94.9 Å². The summed E-state index contributed by atoms with van der Waals surface area (Å²) in [5.41, 5.74) is 2.88. The maximum absolute atomic E-state index is 11.5. The van der Waals surface area contributed by atoms with Gasteiger partial charge in [0.25, 0.3) is 0 Å². The second-order valence-corrected chi connectivity index (χ2v) is 13.0. The highest BCUT2D eigenvalue weighted by Crippen LogP contribution is 2.45. The Labute approximate surface area is 234 Å². The van der Waals surface area contributed by atoms with Crippen molar-refractivity contribution < 1.29 is 9.90 Å². The average molecular weight is 559 g/mol. The van der Waals surface area contributed by atoms with Crippen LogP contribution in [0.15, 0.2) is 18.2 Å². The Morgan fingerprint density at radius 3 is 2.66 bits per heavy atom. The number of benzene rings is 1. The first-order valence-electron chi connectivity index (χ1n) is 14.0. The third-order valence-electron chi connectivity index (χ3n) is 9.46. The normalized spacial score (nSPS) is 28.4. The monoisotopic (exact) mass is 557 g/mol. The van der Waals surface area contributed by atoms with E-state index in [-0.39, 0.29) is 6.04 Å². The number of nitrogens with one attached hydrogen (secondary N) is 1. The lowest BCUT2D eigenvalue weighted by Gasteiger charge is -2.52. The molecule has 204 valence electrons. The molecule has 6 rings (SSSR count). The fourth-order valence-corrected chi connectivity index (χ4v) is 7.53. The van der Waals surface area contributed by atoms with E-state index in [9.17, 15) is 9.90 Å². The third-order valence-corrected chi connectivity index (χ3v) is 10.0. The Hall–Kier alpha value is -2.09. The predicted octanol–water partition coefficient (Wildman–Crippen LogP) is 5.85. The topological polar surface area (TPSA) is 81.6 Å². The van der Waals surface area contributed by atoms with E-state index in [0.717, 1.165) is 75.6 Å². The van der Waals surface area contributed by atoms with Crippen molar-refractivity contribution in [1.82, 2.24) is 14.9 Å². The van der Waals surface area contributed by atoms with Crippen LogP contribution < -0.4 is 10.2 Å². The number of halogens is 2. The summed E-state index contributed by atoms with van der Waals surface area (Å²) in [5.74, 6) is 2.42. The van der Waals surface area contributed by atoms with Crippen molar-refractivity contribution in [3.05, 3.63) is 45.1 Å². The molecule has 0 spiro atoms. The van der Waals surface area contributed by atoms with Crippen LogP contribution in [0.2, 0.25) is 10.0 Å². The maximum Gasteiger partial charge on any atom is 0.309 e. The minimum Gasteiger partial charge on any atom is -0.481 e. The number of fused-ring (bicyclic) bond motifs is 1. The zero-order valence-corrected chi connectivity index (χ0v) is 23.7. The molecule has 4 aliphatic rings. The number of piperidine rings is 1. The highest BCUT2D eigenvalue weighted by molar-refractivity contribution is 6.35. The Morgan fingerprint density at radius 2 is 1.92 bits per heavy atom. The summed E-state index contributed by atoms with van der Waals surface area (Å²) in [6.07, 6.45) is 7.14. The van der Waals surface area contributed by atoms with E-state index >= 15 is 0 Å². The highest BCUT2D eigenvalue weighted by atomic mass is 35.5. The van der Waals surface area contributed by atoms with Gasteiger partial charge < -0.3 is 20.2 Å². The number of aryl methyl sites for hydroxylation is 1. The number of aromatic nitrogens is 2. The molecule has 0 radical (unpaired) electrons. The molecule has 3 fully saturated rings. The van der Waals surface area contributed by atoms with Crippen molar-refractivity contribution in [1.29, 1.82) is 0 Å². The first-order valence-corrected chi connectivity index (χ1v) is 14.8. The summed E-state index contributed by atoms with van der Waals surface area (Å²) in [5, 5.41) is 14.4. The molecule has 2 N–H and O–H groups in total. The molecule has 0 bridgehead atoms. The molecular formula is C29H37Cl2N5O2. The molecule has 0 amide bonds. The number of hydrogen-bond acceptors (Lipinski definition) is 6. The number of carbonyl (C=O) groups is 1. The van der Waals surface area contributed by atoms with E-state index in [0.29, 0.717) is 27.9 Å². The minimum atomic E-state index is -0.647. The molecule has 3 heterocycles. The van der Waals surface area contributed by atoms with E-state index in [1.165, 1.54) is 24.1 Å². The van der Waals surface area contributed by atoms with E-state index < -0.39 is 11.4 Å². The lowest BCUT2D eigenvalue weighted by molar-refractivity contribution is -0.158. The number of anilines is 2. The maximum atomic E-state index is 11.5. The molecule has 1 aromatic carbocycles. The van der Waals surface area contributed by atoms with Crippen molar-refractivity contribution in [2.75, 3.05) is 36.4 Å². The molecule has 1 aromatic heterocycles. The van der Waals surface area contributed by atoms with Gasteiger partial charge in [-0.25, -0.2) is 4.98 Å². The number of rotatable bonds is 7. The summed E-state index contributed by atoms with van der Waals surface area (Å²) < 4.78 is 0. The lowest BCUT2D eigenvalue weighted by atomic mass is 9.65. The van der Waals surface area contributed by atoms with E-state index in [2.05, 4.69) is 22.0 Å². The fourth-order valence-electron chi connectivity index (χ4n) is 6.96. The largest absolute Gasteiger partial charge is 0.481 e. The molecule has 2 aromatic rings. The molecule has 2 aliphatic heterocycles. The molecule has 2 saturated heterocycles. The van der Waals surface area contributed by atoms with Gasteiger partial charge in [-0.3, -0.25) is 4.79 Å². The molecule has 7 nitrogen and oxygen atoms in total. The Bertz CT molecular complexity index is 1230. The highest BCUT2D eigenvalue weighted by Gasteiger charge is 2.49. The van der Waals surface area contributed by atoms with Crippen molar-refractivity contribution in [2.24, 2.45) is 17.3 Å². The first kappa shape index (κ1) is 26.1. The van der Waals surface area contributed by atoms with Crippen LogP contribution in [0.3, 0.4) is 0 Å². The first-order chi connectivity index (χ1) is 18.2. The van der Waals surface area contributed by atoms with Gasteiger partial charge in [0.2, 0.25) is 5.95 Å². The number of likely N-dealkylation sites (tertiary alicyclic amines) is 1. The van der Waals surface area contributed by atoms with Crippen molar-refractivity contribution in [2.45, 2.75) is 70.9 Å². The molecular weight excluding hydrogens is 521 g/mol. The van der Waals surface area contributed by atoms with Crippen LogP contribution in [0.4, 0.5) is 11.8 Å². The van der Waals surface area contributed by atoms with Gasteiger partial charge in [-0.15, -0.1) is 0 Å². The quantitative estimate of drug-likeness (QED) is 0.442. The smallest absolute Gasteiger partial charge is 0.309 e. The lowest BCUT2D eigenvalue weighted by Crippen LogP contribution is -2.58. The minimum absolute atomic E-state index is 0.000864. The zero-order chi connectivity index (χ0) is 26.6. The summed E-state index contributed by atoms with van der Waals surface area (Å²) in [4.78, 5) is 26.4. The van der Waals surface area contributed by atoms with Gasteiger partial charge in [-0.2, -0.15) is 4.98 Å². The second-order valence-electron chi connectivity index (χ2n) is 12.2. The summed E-state index contributed by atoms with van der Waals surface area (Å²) >= 11 is 12.6. The predicted molar refractivity (Wildman–Crippen MR) is 151 cm³/mol. The van der Waals surface area contributed by atoms with E-state index in [1.54, 1.807) is 6.07 Å². The van der Waals surface area contributed by atoms with Gasteiger partial charge >= 0.3 is 5.97 Å². The summed E-state index contributed by atoms with van der Waals surface area (Å²) in [6.45, 7) is 8.18. The Morgan fingerprint density at radius 1 is 1.13 bits per heavy atom. The Kier molecular flexibility index (Phi) is 6.98. The van der Waals surface area contributed by atoms with Crippen LogP contribution in [0.5, 0.6) is 0 Å². The van der Waals surface area contributed by atoms with E-state index in [1.807, 2.05) is 19.1 Å². The number of carboxylic acid groups (broad SMARTS) is 1. The molecule has 2 atom stereocenters. The molecule has 2 aliphatic carbocycles.